The number of rotatable bonds is 3. The number of hydrogen-bond acceptors (Lipinski definition) is 3. The summed E-state index contributed by atoms with van der Waals surface area (Å²) in [6.45, 7) is 6.39. The van der Waals surface area contributed by atoms with Crippen LogP contribution in [0.1, 0.15) is 32.8 Å². The number of nitrogens with zero attached hydrogens (tertiary/aromatic N) is 1. The van der Waals surface area contributed by atoms with Crippen molar-refractivity contribution < 1.29 is 13.5 Å². The molecule has 21 heavy (non-hydrogen) atoms. The van der Waals surface area contributed by atoms with E-state index in [9.17, 15) is 13.5 Å². The van der Waals surface area contributed by atoms with Gasteiger partial charge >= 0.3 is 0 Å². The van der Waals surface area contributed by atoms with Crippen molar-refractivity contribution in [2.24, 2.45) is 11.8 Å². The van der Waals surface area contributed by atoms with Crippen LogP contribution in [0, 0.1) is 11.8 Å². The predicted molar refractivity (Wildman–Crippen MR) is 83.7 cm³/mol. The van der Waals surface area contributed by atoms with E-state index in [-0.39, 0.29) is 22.6 Å². The van der Waals surface area contributed by atoms with E-state index in [0.717, 1.165) is 6.42 Å². The Morgan fingerprint density at radius 3 is 2.62 bits per heavy atom. The minimum Gasteiger partial charge on any atom is -0.392 e. The predicted octanol–water partition coefficient (Wildman–Crippen LogP) is 2.89. The van der Waals surface area contributed by atoms with Crippen LogP contribution in [-0.4, -0.2) is 30.4 Å². The molecule has 1 heterocycles. The number of benzene rings is 1. The van der Waals surface area contributed by atoms with Crippen molar-refractivity contribution in [2.75, 3.05) is 6.54 Å². The van der Waals surface area contributed by atoms with Gasteiger partial charge in [0.15, 0.2) is 0 Å². The van der Waals surface area contributed by atoms with E-state index in [0.29, 0.717) is 23.9 Å². The molecule has 1 aromatic rings. The summed E-state index contributed by atoms with van der Waals surface area (Å²) < 4.78 is 27.4. The molecule has 0 bridgehead atoms. The minimum atomic E-state index is -3.65. The highest BCUT2D eigenvalue weighted by Crippen LogP contribution is 2.34. The molecule has 0 radical (unpaired) electrons. The number of aliphatic hydroxyl groups excluding tert-OH is 1. The molecule has 0 amide bonds. The third-order valence-corrected chi connectivity index (χ3v) is 6.74. The number of hydrogen-bond donors (Lipinski definition) is 1. The quantitative estimate of drug-likeness (QED) is 0.926. The Labute approximate surface area is 131 Å². The maximum absolute atomic E-state index is 12.9. The average molecular weight is 332 g/mol. The molecule has 1 saturated heterocycles. The molecule has 1 aromatic carbocycles. The van der Waals surface area contributed by atoms with Crippen LogP contribution in [0.5, 0.6) is 0 Å². The van der Waals surface area contributed by atoms with Crippen molar-refractivity contribution in [1.29, 1.82) is 0 Å². The second-order valence-electron chi connectivity index (χ2n) is 6.06. The number of piperidine rings is 1. The molecule has 1 N–H and O–H groups in total. The summed E-state index contributed by atoms with van der Waals surface area (Å²) in [7, 11) is -3.65. The Balaban J connectivity index is 2.46. The molecule has 0 aliphatic carbocycles. The molecule has 4 nitrogen and oxygen atoms in total. The summed E-state index contributed by atoms with van der Waals surface area (Å²) in [4.78, 5) is 0.0869. The molecule has 1 aliphatic heterocycles. The maximum atomic E-state index is 12.9. The standard InChI is InChI=1S/C15H22ClNO3S/c1-10-6-11(2)12(3)17(8-10)21(19,20)15-7-13(9-18)4-5-14(15)16/h4-5,7,10-12,18H,6,8-9H2,1-3H3. The third-order valence-electron chi connectivity index (χ3n) is 4.31. The van der Waals surface area contributed by atoms with E-state index in [2.05, 4.69) is 13.8 Å². The Kier molecular flexibility index (Phi) is 4.98. The third kappa shape index (κ3) is 3.26. The number of aliphatic hydroxyl groups is 1. The van der Waals surface area contributed by atoms with Gasteiger partial charge in [-0.3, -0.25) is 0 Å². The fourth-order valence-corrected chi connectivity index (χ4v) is 5.32. The topological polar surface area (TPSA) is 57.6 Å². The molecule has 1 fully saturated rings. The van der Waals surface area contributed by atoms with Gasteiger partial charge in [-0.15, -0.1) is 0 Å². The first-order valence-corrected chi connectivity index (χ1v) is 9.00. The van der Waals surface area contributed by atoms with E-state index < -0.39 is 10.0 Å². The van der Waals surface area contributed by atoms with Gasteiger partial charge in [0.1, 0.15) is 4.90 Å². The van der Waals surface area contributed by atoms with E-state index >= 15 is 0 Å². The van der Waals surface area contributed by atoms with Gasteiger partial charge in [-0.2, -0.15) is 4.31 Å². The van der Waals surface area contributed by atoms with E-state index in [1.165, 1.54) is 12.1 Å². The van der Waals surface area contributed by atoms with Crippen LogP contribution in [0.3, 0.4) is 0 Å². The first-order chi connectivity index (χ1) is 9.77. The SMILES string of the molecule is CC1CC(C)C(C)N(S(=O)(=O)c2cc(CO)ccc2Cl)C1. The average Bonchev–Trinajstić information content (AvgIpc) is 2.43. The van der Waals surface area contributed by atoms with Gasteiger partial charge in [-0.1, -0.05) is 31.5 Å². The monoisotopic (exact) mass is 331 g/mol. The normalized spacial score (nSPS) is 27.8. The lowest BCUT2D eigenvalue weighted by Crippen LogP contribution is -2.48. The Morgan fingerprint density at radius 2 is 2.00 bits per heavy atom. The minimum absolute atomic E-state index is 0.0555. The summed E-state index contributed by atoms with van der Waals surface area (Å²) in [5.41, 5.74) is 0.545. The lowest BCUT2D eigenvalue weighted by molar-refractivity contribution is 0.157. The van der Waals surface area contributed by atoms with Gasteiger partial charge < -0.3 is 5.11 Å². The van der Waals surface area contributed by atoms with Crippen molar-refractivity contribution in [1.82, 2.24) is 4.31 Å². The zero-order chi connectivity index (χ0) is 15.8. The maximum Gasteiger partial charge on any atom is 0.244 e. The number of sulfonamides is 1. The molecular formula is C15H22ClNO3S. The lowest BCUT2D eigenvalue weighted by Gasteiger charge is -2.40. The largest absolute Gasteiger partial charge is 0.392 e. The van der Waals surface area contributed by atoms with Crippen molar-refractivity contribution in [3.63, 3.8) is 0 Å². The Bertz CT molecular complexity index is 617. The molecule has 0 saturated carbocycles. The summed E-state index contributed by atoms with van der Waals surface area (Å²) in [5, 5.41) is 9.41. The van der Waals surface area contributed by atoms with Crippen LogP contribution in [0.25, 0.3) is 0 Å². The van der Waals surface area contributed by atoms with Gasteiger partial charge in [-0.25, -0.2) is 8.42 Å². The van der Waals surface area contributed by atoms with E-state index in [1.807, 2.05) is 6.92 Å². The summed E-state index contributed by atoms with van der Waals surface area (Å²) in [5.74, 6) is 0.633. The summed E-state index contributed by atoms with van der Waals surface area (Å²) in [6.07, 6.45) is 1.03. The first-order valence-electron chi connectivity index (χ1n) is 7.18. The van der Waals surface area contributed by atoms with Gasteiger partial charge in [-0.05, 0) is 42.9 Å². The summed E-state index contributed by atoms with van der Waals surface area (Å²) in [6, 6.07) is 4.57. The summed E-state index contributed by atoms with van der Waals surface area (Å²) >= 11 is 6.09. The van der Waals surface area contributed by atoms with E-state index in [4.69, 9.17) is 11.6 Å². The first kappa shape index (κ1) is 16.7. The van der Waals surface area contributed by atoms with Crippen LogP contribution in [-0.2, 0) is 16.6 Å². The molecule has 118 valence electrons. The fourth-order valence-electron chi connectivity index (χ4n) is 2.95. The zero-order valence-corrected chi connectivity index (χ0v) is 14.2. The van der Waals surface area contributed by atoms with Gasteiger partial charge in [0.2, 0.25) is 10.0 Å². The molecule has 3 unspecified atom stereocenters. The molecule has 3 atom stereocenters. The van der Waals surface area contributed by atoms with Crippen LogP contribution in [0.2, 0.25) is 5.02 Å². The van der Waals surface area contributed by atoms with Crippen molar-refractivity contribution in [3.8, 4) is 0 Å². The molecule has 2 rings (SSSR count). The van der Waals surface area contributed by atoms with Crippen molar-refractivity contribution in [3.05, 3.63) is 28.8 Å². The Hall–Kier alpha value is -0.620. The highest BCUT2D eigenvalue weighted by Gasteiger charge is 2.38. The number of halogens is 1. The molecule has 0 spiro atoms. The zero-order valence-electron chi connectivity index (χ0n) is 12.6. The fraction of sp³-hybridized carbons (Fsp3) is 0.600. The molecule has 6 heteroatoms. The molecular weight excluding hydrogens is 310 g/mol. The highest BCUT2D eigenvalue weighted by molar-refractivity contribution is 7.89. The second kappa shape index (κ2) is 6.24. The molecule has 1 aliphatic rings. The lowest BCUT2D eigenvalue weighted by atomic mass is 9.88. The smallest absolute Gasteiger partial charge is 0.244 e. The van der Waals surface area contributed by atoms with Crippen molar-refractivity contribution >= 4 is 21.6 Å². The van der Waals surface area contributed by atoms with Crippen LogP contribution in [0.4, 0.5) is 0 Å². The van der Waals surface area contributed by atoms with Gasteiger partial charge in [0, 0.05) is 12.6 Å². The van der Waals surface area contributed by atoms with Crippen LogP contribution < -0.4 is 0 Å². The van der Waals surface area contributed by atoms with Crippen molar-refractivity contribution in [2.45, 2.75) is 44.7 Å². The van der Waals surface area contributed by atoms with Crippen LogP contribution in [0.15, 0.2) is 23.1 Å². The van der Waals surface area contributed by atoms with Gasteiger partial charge in [0.05, 0.1) is 11.6 Å². The molecule has 0 aromatic heterocycles. The Morgan fingerprint density at radius 1 is 1.33 bits per heavy atom. The van der Waals surface area contributed by atoms with Gasteiger partial charge in [0.25, 0.3) is 0 Å². The highest BCUT2D eigenvalue weighted by atomic mass is 35.5. The van der Waals surface area contributed by atoms with E-state index in [1.54, 1.807) is 10.4 Å². The second-order valence-corrected chi connectivity index (χ2v) is 8.32. The van der Waals surface area contributed by atoms with Crippen LogP contribution >= 0.6 is 11.6 Å².